The molecule has 0 N–H and O–H groups in total. The highest BCUT2D eigenvalue weighted by molar-refractivity contribution is 9.10. The van der Waals surface area contributed by atoms with Crippen molar-refractivity contribution in [1.29, 1.82) is 0 Å². The maximum absolute atomic E-state index is 10.7. The van der Waals surface area contributed by atoms with Gasteiger partial charge >= 0.3 is 5.88 Å². The van der Waals surface area contributed by atoms with Crippen LogP contribution in [0.4, 0.5) is 5.88 Å². The van der Waals surface area contributed by atoms with Gasteiger partial charge in [0.2, 0.25) is 4.80 Å². The number of hydrogen-bond donors (Lipinski definition) is 0. The molecule has 0 unspecified atom stereocenters. The van der Waals surface area contributed by atoms with Gasteiger partial charge in [0.15, 0.2) is 5.76 Å². The van der Waals surface area contributed by atoms with Crippen molar-refractivity contribution in [3.8, 4) is 11.3 Å². The number of nitrogens with zero attached hydrogens (tertiary/aromatic N) is 4. The maximum atomic E-state index is 10.7. The van der Waals surface area contributed by atoms with Crippen molar-refractivity contribution in [3.63, 3.8) is 0 Å². The fourth-order valence-corrected chi connectivity index (χ4v) is 3.22. The number of nitro groups is 1. The Balaban J connectivity index is 2.03. The average Bonchev–Trinajstić information content (AvgIpc) is 3.26. The number of thiazole rings is 1. The second kappa shape index (κ2) is 8.07. The fraction of sp³-hybridized carbons (Fsp3) is 0.0588. The molecule has 0 aliphatic heterocycles. The van der Waals surface area contributed by atoms with Gasteiger partial charge in [-0.1, -0.05) is 34.1 Å². The van der Waals surface area contributed by atoms with E-state index >= 15 is 0 Å². The van der Waals surface area contributed by atoms with Crippen LogP contribution in [0.5, 0.6) is 0 Å². The number of rotatable bonds is 6. The lowest BCUT2D eigenvalue weighted by atomic mass is 10.2. The van der Waals surface area contributed by atoms with Crippen LogP contribution < -0.4 is 4.80 Å². The van der Waals surface area contributed by atoms with Gasteiger partial charge in [0.05, 0.1) is 24.5 Å². The van der Waals surface area contributed by atoms with E-state index in [0.717, 1.165) is 15.7 Å². The van der Waals surface area contributed by atoms with Crippen LogP contribution in [-0.4, -0.2) is 22.4 Å². The Morgan fingerprint density at radius 2 is 2.08 bits per heavy atom. The number of furan rings is 1. The molecule has 2 aromatic heterocycles. The van der Waals surface area contributed by atoms with E-state index in [1.54, 1.807) is 10.8 Å². The van der Waals surface area contributed by atoms with Crippen molar-refractivity contribution >= 4 is 39.4 Å². The Bertz CT molecular complexity index is 1030. The van der Waals surface area contributed by atoms with Crippen LogP contribution in [0.1, 0.15) is 5.76 Å². The summed E-state index contributed by atoms with van der Waals surface area (Å²) in [6.07, 6.45) is 3.12. The summed E-state index contributed by atoms with van der Waals surface area (Å²) < 4.78 is 7.76. The lowest BCUT2D eigenvalue weighted by Gasteiger charge is -2.03. The first kappa shape index (κ1) is 18.0. The van der Waals surface area contributed by atoms with Gasteiger partial charge in [0.25, 0.3) is 0 Å². The highest BCUT2D eigenvalue weighted by Gasteiger charge is 2.11. The van der Waals surface area contributed by atoms with Crippen molar-refractivity contribution in [2.24, 2.45) is 10.1 Å². The summed E-state index contributed by atoms with van der Waals surface area (Å²) in [5.41, 5.74) is 1.81. The second-order valence-corrected chi connectivity index (χ2v) is 6.78. The summed E-state index contributed by atoms with van der Waals surface area (Å²) in [6, 6.07) is 10.6. The molecule has 0 saturated heterocycles. The third kappa shape index (κ3) is 4.06. The summed E-state index contributed by atoms with van der Waals surface area (Å²) in [4.78, 5) is 15.2. The molecule has 0 aliphatic rings. The summed E-state index contributed by atoms with van der Waals surface area (Å²) in [5.74, 6) is -0.0432. The fourth-order valence-electron chi connectivity index (χ4n) is 2.11. The molecule has 1 aromatic carbocycles. The zero-order valence-electron chi connectivity index (χ0n) is 13.4. The monoisotopic (exact) mass is 432 g/mol. The summed E-state index contributed by atoms with van der Waals surface area (Å²) in [6.45, 7) is 4.13. The molecule has 0 amide bonds. The SMILES string of the molecule is C=CCN=c1scc(-c2ccc(Br)cc2)n1N=Cc1ccc([N+](=O)[O-])o1. The van der Waals surface area contributed by atoms with Crippen molar-refractivity contribution in [1.82, 2.24) is 4.68 Å². The molecule has 0 spiro atoms. The highest BCUT2D eigenvalue weighted by atomic mass is 79.9. The number of benzene rings is 1. The first-order chi connectivity index (χ1) is 12.6. The Morgan fingerprint density at radius 1 is 1.31 bits per heavy atom. The zero-order valence-corrected chi connectivity index (χ0v) is 15.8. The van der Waals surface area contributed by atoms with Crippen LogP contribution in [0.15, 0.2) is 73.4 Å². The van der Waals surface area contributed by atoms with Crippen LogP contribution >= 0.6 is 27.3 Å². The van der Waals surface area contributed by atoms with E-state index in [2.05, 4.69) is 32.6 Å². The maximum Gasteiger partial charge on any atom is 0.433 e. The molecule has 0 radical (unpaired) electrons. The molecule has 132 valence electrons. The van der Waals surface area contributed by atoms with Gasteiger partial charge < -0.3 is 4.42 Å². The highest BCUT2D eigenvalue weighted by Crippen LogP contribution is 2.22. The number of aromatic nitrogens is 1. The van der Waals surface area contributed by atoms with E-state index in [1.807, 2.05) is 29.6 Å². The van der Waals surface area contributed by atoms with Gasteiger partial charge in [-0.25, -0.2) is 4.68 Å². The lowest BCUT2D eigenvalue weighted by molar-refractivity contribution is -0.402. The number of hydrogen-bond acceptors (Lipinski definition) is 6. The lowest BCUT2D eigenvalue weighted by Crippen LogP contribution is -2.12. The van der Waals surface area contributed by atoms with E-state index < -0.39 is 4.92 Å². The molecular formula is C17H13BrN4O3S. The van der Waals surface area contributed by atoms with E-state index in [-0.39, 0.29) is 11.6 Å². The zero-order chi connectivity index (χ0) is 18.5. The van der Waals surface area contributed by atoms with Crippen molar-refractivity contribution in [2.75, 3.05) is 6.54 Å². The first-order valence-electron chi connectivity index (χ1n) is 7.45. The van der Waals surface area contributed by atoms with Crippen LogP contribution in [0.25, 0.3) is 11.3 Å². The predicted molar refractivity (Wildman–Crippen MR) is 104 cm³/mol. The molecule has 3 aromatic rings. The Labute approximate surface area is 160 Å². The molecule has 0 aliphatic carbocycles. The van der Waals surface area contributed by atoms with Gasteiger partial charge in [-0.3, -0.25) is 15.1 Å². The third-order valence-electron chi connectivity index (χ3n) is 3.27. The predicted octanol–water partition coefficient (Wildman–Crippen LogP) is 4.45. The van der Waals surface area contributed by atoms with Crippen LogP contribution in [0.2, 0.25) is 0 Å². The van der Waals surface area contributed by atoms with E-state index in [4.69, 9.17) is 4.42 Å². The molecular weight excluding hydrogens is 420 g/mol. The van der Waals surface area contributed by atoms with E-state index in [0.29, 0.717) is 11.3 Å². The average molecular weight is 433 g/mol. The normalized spacial score (nSPS) is 12.0. The van der Waals surface area contributed by atoms with Crippen molar-refractivity contribution < 1.29 is 9.34 Å². The van der Waals surface area contributed by atoms with Gasteiger partial charge in [0.1, 0.15) is 4.92 Å². The van der Waals surface area contributed by atoms with Crippen molar-refractivity contribution in [2.45, 2.75) is 0 Å². The van der Waals surface area contributed by atoms with Gasteiger partial charge in [-0.15, -0.1) is 17.9 Å². The second-order valence-electron chi connectivity index (χ2n) is 5.03. The topological polar surface area (TPSA) is 85.9 Å². The van der Waals surface area contributed by atoms with Gasteiger partial charge in [0, 0.05) is 15.4 Å². The molecule has 3 rings (SSSR count). The largest absolute Gasteiger partial charge is 0.433 e. The minimum absolute atomic E-state index is 0.284. The Morgan fingerprint density at radius 3 is 2.73 bits per heavy atom. The van der Waals surface area contributed by atoms with E-state index in [9.17, 15) is 10.1 Å². The Kier molecular flexibility index (Phi) is 5.59. The molecule has 9 heteroatoms. The van der Waals surface area contributed by atoms with E-state index in [1.165, 1.54) is 29.7 Å². The van der Waals surface area contributed by atoms with Crippen LogP contribution in [-0.2, 0) is 0 Å². The summed E-state index contributed by atoms with van der Waals surface area (Å²) in [7, 11) is 0. The smallest absolute Gasteiger partial charge is 0.400 e. The van der Waals surface area contributed by atoms with Gasteiger partial charge in [-0.05, 0) is 18.2 Å². The molecule has 7 nitrogen and oxygen atoms in total. The number of halogens is 1. The molecule has 0 fully saturated rings. The minimum Gasteiger partial charge on any atom is -0.400 e. The molecule has 0 saturated carbocycles. The third-order valence-corrected chi connectivity index (χ3v) is 4.66. The van der Waals surface area contributed by atoms with Crippen LogP contribution in [0, 0.1) is 10.1 Å². The first-order valence-corrected chi connectivity index (χ1v) is 9.12. The molecule has 0 atom stereocenters. The van der Waals surface area contributed by atoms with Gasteiger partial charge in [-0.2, -0.15) is 5.10 Å². The summed E-state index contributed by atoms with van der Waals surface area (Å²) in [5, 5.41) is 17.1. The molecule has 26 heavy (non-hydrogen) atoms. The Hall–Kier alpha value is -2.78. The summed E-state index contributed by atoms with van der Waals surface area (Å²) >= 11 is 4.87. The standard InChI is InChI=1S/C17H13BrN4O3S/c1-2-9-19-17-21(20-10-14-7-8-16(25-14)22(23)24)15(11-26-17)12-3-5-13(18)6-4-12/h2-8,10-11H,1,9H2. The quantitative estimate of drug-likeness (QED) is 0.249. The van der Waals surface area contributed by atoms with Crippen molar-refractivity contribution in [3.05, 3.63) is 79.6 Å². The molecule has 2 heterocycles. The molecule has 0 bridgehead atoms. The van der Waals surface area contributed by atoms with Crippen LogP contribution in [0.3, 0.4) is 0 Å². The minimum atomic E-state index is -0.590.